The van der Waals surface area contributed by atoms with Crippen LogP contribution in [0, 0.1) is 0 Å². The molecule has 96 valence electrons. The summed E-state index contributed by atoms with van der Waals surface area (Å²) >= 11 is 0. The van der Waals surface area contributed by atoms with Gasteiger partial charge in [-0.2, -0.15) is 13.2 Å². The smallest absolute Gasteiger partial charge is 0.330 e. The fourth-order valence-electron chi connectivity index (χ4n) is 2.06. The minimum atomic E-state index is -4.25. The molecule has 17 heavy (non-hydrogen) atoms. The van der Waals surface area contributed by atoms with Crippen LogP contribution in [0.25, 0.3) is 0 Å². The lowest BCUT2D eigenvalue weighted by Crippen LogP contribution is -2.49. The molecule has 8 heteroatoms. The van der Waals surface area contributed by atoms with Crippen LogP contribution in [0.1, 0.15) is 12.2 Å². The molecular formula is C9H14F3N5. The molecule has 1 aromatic heterocycles. The molecule has 0 amide bonds. The molecular weight excluding hydrogens is 235 g/mol. The van der Waals surface area contributed by atoms with Crippen LogP contribution in [0.15, 0.2) is 6.33 Å². The Balaban J connectivity index is 2.12. The lowest BCUT2D eigenvalue weighted by atomic mass is 10.1. The maximum absolute atomic E-state index is 12.9. The molecule has 2 heterocycles. The van der Waals surface area contributed by atoms with Gasteiger partial charge < -0.3 is 10.3 Å². The van der Waals surface area contributed by atoms with E-state index in [0.717, 1.165) is 0 Å². The average molecular weight is 249 g/mol. The van der Waals surface area contributed by atoms with E-state index in [1.807, 2.05) is 0 Å². The van der Waals surface area contributed by atoms with Crippen LogP contribution in [-0.2, 0) is 13.1 Å². The molecule has 1 unspecified atom stereocenters. The van der Waals surface area contributed by atoms with Crippen LogP contribution in [0.2, 0.25) is 0 Å². The van der Waals surface area contributed by atoms with Gasteiger partial charge in [0.1, 0.15) is 18.2 Å². The number of alkyl halides is 3. The minimum Gasteiger partial charge on any atom is -0.330 e. The summed E-state index contributed by atoms with van der Waals surface area (Å²) in [6.45, 7) is 1.02. The zero-order chi connectivity index (χ0) is 12.5. The lowest BCUT2D eigenvalue weighted by molar-refractivity contribution is -0.188. The van der Waals surface area contributed by atoms with Gasteiger partial charge in [-0.3, -0.25) is 4.90 Å². The van der Waals surface area contributed by atoms with E-state index in [1.54, 1.807) is 4.57 Å². The predicted molar refractivity (Wildman–Crippen MR) is 53.9 cm³/mol. The molecule has 0 fully saturated rings. The summed E-state index contributed by atoms with van der Waals surface area (Å²) in [5.74, 6) is 0.572. The van der Waals surface area contributed by atoms with Gasteiger partial charge in [-0.15, -0.1) is 10.2 Å². The average Bonchev–Trinajstić information content (AvgIpc) is 2.71. The van der Waals surface area contributed by atoms with Gasteiger partial charge >= 0.3 is 6.18 Å². The van der Waals surface area contributed by atoms with E-state index in [1.165, 1.54) is 11.2 Å². The summed E-state index contributed by atoms with van der Waals surface area (Å²) < 4.78 is 40.3. The Morgan fingerprint density at radius 1 is 1.41 bits per heavy atom. The van der Waals surface area contributed by atoms with Gasteiger partial charge in [-0.25, -0.2) is 0 Å². The highest BCUT2D eigenvalue weighted by Crippen LogP contribution is 2.29. The van der Waals surface area contributed by atoms with Gasteiger partial charge in [0.25, 0.3) is 0 Å². The molecule has 2 N–H and O–H groups in total. The Morgan fingerprint density at radius 2 is 2.18 bits per heavy atom. The van der Waals surface area contributed by atoms with Crippen molar-refractivity contribution in [3.05, 3.63) is 12.2 Å². The number of nitrogens with zero attached hydrogens (tertiary/aromatic N) is 4. The summed E-state index contributed by atoms with van der Waals surface area (Å²) in [4.78, 5) is 1.37. The molecule has 0 saturated heterocycles. The first-order valence-electron chi connectivity index (χ1n) is 5.40. The monoisotopic (exact) mass is 249 g/mol. The van der Waals surface area contributed by atoms with Crippen LogP contribution in [0.5, 0.6) is 0 Å². The number of rotatable bonds is 3. The third-order valence-corrected chi connectivity index (χ3v) is 2.93. The van der Waals surface area contributed by atoms with E-state index in [-0.39, 0.29) is 19.5 Å². The second-order valence-corrected chi connectivity index (χ2v) is 4.05. The van der Waals surface area contributed by atoms with Gasteiger partial charge in [0.15, 0.2) is 0 Å². The molecule has 0 bridgehead atoms. The molecule has 1 atom stereocenters. The fraction of sp³-hybridized carbons (Fsp3) is 0.778. The predicted octanol–water partition coefficient (Wildman–Crippen LogP) is 0.373. The molecule has 2 rings (SSSR count). The highest BCUT2D eigenvalue weighted by atomic mass is 19.4. The first-order chi connectivity index (χ1) is 8.02. The van der Waals surface area contributed by atoms with Crippen molar-refractivity contribution in [2.45, 2.75) is 31.7 Å². The largest absolute Gasteiger partial charge is 0.404 e. The highest BCUT2D eigenvalue weighted by molar-refractivity contribution is 4.93. The Kier molecular flexibility index (Phi) is 3.34. The van der Waals surface area contributed by atoms with Crippen LogP contribution in [-0.4, -0.2) is 45.0 Å². The first kappa shape index (κ1) is 12.3. The Morgan fingerprint density at radius 3 is 2.82 bits per heavy atom. The SMILES string of the molecule is NCCC(N1CCn2cnnc2C1)C(F)(F)F. The van der Waals surface area contributed by atoms with Crippen LogP contribution in [0.3, 0.4) is 0 Å². The van der Waals surface area contributed by atoms with Crippen molar-refractivity contribution in [2.75, 3.05) is 13.1 Å². The van der Waals surface area contributed by atoms with Crippen molar-refractivity contribution in [3.8, 4) is 0 Å². The zero-order valence-corrected chi connectivity index (χ0v) is 9.19. The molecule has 0 spiro atoms. The second-order valence-electron chi connectivity index (χ2n) is 4.05. The summed E-state index contributed by atoms with van der Waals surface area (Å²) in [5, 5.41) is 7.49. The van der Waals surface area contributed by atoms with E-state index in [4.69, 9.17) is 5.73 Å². The van der Waals surface area contributed by atoms with Crippen molar-refractivity contribution >= 4 is 0 Å². The second kappa shape index (κ2) is 4.61. The van der Waals surface area contributed by atoms with Crippen molar-refractivity contribution < 1.29 is 13.2 Å². The van der Waals surface area contributed by atoms with E-state index in [2.05, 4.69) is 10.2 Å². The van der Waals surface area contributed by atoms with Crippen LogP contribution < -0.4 is 5.73 Å². The Bertz CT molecular complexity index is 375. The number of hydrogen-bond acceptors (Lipinski definition) is 4. The van der Waals surface area contributed by atoms with Crippen molar-refractivity contribution in [1.82, 2.24) is 19.7 Å². The topological polar surface area (TPSA) is 60.0 Å². The van der Waals surface area contributed by atoms with E-state index in [0.29, 0.717) is 18.9 Å². The Labute approximate surface area is 96.4 Å². The van der Waals surface area contributed by atoms with Gasteiger partial charge in [0, 0.05) is 13.1 Å². The number of halogens is 3. The summed E-state index contributed by atoms with van der Waals surface area (Å²) in [6.07, 6.45) is -2.79. The summed E-state index contributed by atoms with van der Waals surface area (Å²) in [5.41, 5.74) is 5.25. The zero-order valence-electron chi connectivity index (χ0n) is 9.19. The Hall–Kier alpha value is -1.15. The van der Waals surface area contributed by atoms with Gasteiger partial charge in [-0.1, -0.05) is 0 Å². The summed E-state index contributed by atoms with van der Waals surface area (Å²) in [7, 11) is 0. The number of fused-ring (bicyclic) bond motifs is 1. The normalized spacial score (nSPS) is 19.1. The van der Waals surface area contributed by atoms with Gasteiger partial charge in [-0.05, 0) is 13.0 Å². The van der Waals surface area contributed by atoms with E-state index < -0.39 is 12.2 Å². The number of nitrogens with two attached hydrogens (primary N) is 1. The highest BCUT2D eigenvalue weighted by Gasteiger charge is 2.43. The van der Waals surface area contributed by atoms with Gasteiger partial charge in [0.05, 0.1) is 6.54 Å². The molecule has 0 aliphatic carbocycles. The molecule has 1 aromatic rings. The van der Waals surface area contributed by atoms with E-state index in [9.17, 15) is 13.2 Å². The lowest BCUT2D eigenvalue weighted by Gasteiger charge is -2.35. The molecule has 1 aliphatic heterocycles. The molecule has 0 radical (unpaired) electrons. The van der Waals surface area contributed by atoms with Crippen molar-refractivity contribution in [1.29, 1.82) is 0 Å². The maximum Gasteiger partial charge on any atom is 0.404 e. The van der Waals surface area contributed by atoms with Crippen LogP contribution in [0.4, 0.5) is 13.2 Å². The maximum atomic E-state index is 12.9. The quantitative estimate of drug-likeness (QED) is 0.841. The molecule has 5 nitrogen and oxygen atoms in total. The molecule has 0 saturated carbocycles. The third-order valence-electron chi connectivity index (χ3n) is 2.93. The minimum absolute atomic E-state index is 0.0212. The first-order valence-corrected chi connectivity index (χ1v) is 5.40. The van der Waals surface area contributed by atoms with E-state index >= 15 is 0 Å². The van der Waals surface area contributed by atoms with Crippen LogP contribution >= 0.6 is 0 Å². The standard InChI is InChI=1S/C9H14F3N5/c10-9(11,12)7(1-2-13)16-3-4-17-6-14-15-8(17)5-16/h6-7H,1-5,13H2. The fourth-order valence-corrected chi connectivity index (χ4v) is 2.06. The van der Waals surface area contributed by atoms with Crippen molar-refractivity contribution in [3.63, 3.8) is 0 Å². The number of aromatic nitrogens is 3. The molecule has 0 aromatic carbocycles. The number of hydrogen-bond donors (Lipinski definition) is 1. The third kappa shape index (κ3) is 2.58. The molecule has 1 aliphatic rings. The van der Waals surface area contributed by atoms with Gasteiger partial charge in [0.2, 0.25) is 0 Å². The van der Waals surface area contributed by atoms with Crippen molar-refractivity contribution in [2.24, 2.45) is 5.73 Å². The summed E-state index contributed by atoms with van der Waals surface area (Å²) in [6, 6.07) is -1.49.